The minimum atomic E-state index is -4.66. The van der Waals surface area contributed by atoms with Gasteiger partial charge in [0, 0.05) is 19.3 Å². The minimum Gasteiger partial charge on any atom is -0.462 e. The molecule has 3 atom stereocenters. The summed E-state index contributed by atoms with van der Waals surface area (Å²) in [5.74, 6) is -0.971. The lowest BCUT2D eigenvalue weighted by Gasteiger charge is -2.20. The fourth-order valence-electron chi connectivity index (χ4n) is 5.18. The molecule has 0 fully saturated rings. The molecule has 0 bridgehead atoms. The van der Waals surface area contributed by atoms with Crippen molar-refractivity contribution in [2.75, 3.05) is 26.4 Å². The Bertz CT molecular complexity index is 1300. The lowest BCUT2D eigenvalue weighted by Crippen LogP contribution is -2.29. The number of carbonyl (C=O) groups is 3. The molecule has 0 saturated carbocycles. The van der Waals surface area contributed by atoms with Gasteiger partial charge in [-0.3, -0.25) is 23.4 Å². The lowest BCUT2D eigenvalue weighted by atomic mass is 10.1. The first-order valence-electron chi connectivity index (χ1n) is 21.5. The van der Waals surface area contributed by atoms with Gasteiger partial charge in [-0.25, -0.2) is 4.57 Å². The van der Waals surface area contributed by atoms with Crippen molar-refractivity contribution in [1.82, 2.24) is 0 Å². The second kappa shape index (κ2) is 40.6. The summed E-state index contributed by atoms with van der Waals surface area (Å²) in [7, 11) is -4.66. The molecule has 0 saturated heterocycles. The molecule has 11 nitrogen and oxygen atoms in total. The zero-order chi connectivity index (χ0) is 42.8. The normalized spacial score (nSPS) is 14.6. The van der Waals surface area contributed by atoms with E-state index in [9.17, 15) is 28.9 Å². The Morgan fingerprint density at radius 2 is 1.10 bits per heavy atom. The number of phosphoric ester groups is 1. The first-order chi connectivity index (χ1) is 28.1. The zero-order valence-corrected chi connectivity index (χ0v) is 36.4. The third-order valence-electron chi connectivity index (χ3n) is 8.51. The summed E-state index contributed by atoms with van der Waals surface area (Å²) in [4.78, 5) is 47.0. The fourth-order valence-corrected chi connectivity index (χ4v) is 5.97. The topological polar surface area (TPSA) is 166 Å². The average molecular weight is 835 g/mol. The number of ether oxygens (including phenoxy) is 2. The maximum atomic E-state index is 12.6. The molecule has 0 aromatic rings. The van der Waals surface area contributed by atoms with Gasteiger partial charge in [-0.1, -0.05) is 131 Å². The highest BCUT2D eigenvalue weighted by Gasteiger charge is 2.27. The molecule has 12 heteroatoms. The van der Waals surface area contributed by atoms with E-state index in [0.717, 1.165) is 89.9 Å². The second-order valence-corrected chi connectivity index (χ2v) is 15.5. The summed E-state index contributed by atoms with van der Waals surface area (Å²) in [5.41, 5.74) is 0. The van der Waals surface area contributed by atoms with E-state index in [1.165, 1.54) is 12.8 Å². The van der Waals surface area contributed by atoms with E-state index in [1.807, 2.05) is 6.08 Å². The summed E-state index contributed by atoms with van der Waals surface area (Å²) in [5, 5.41) is 18.3. The third kappa shape index (κ3) is 39.6. The number of rotatable bonds is 39. The summed E-state index contributed by atoms with van der Waals surface area (Å²) in [6.07, 6.45) is 43.7. The van der Waals surface area contributed by atoms with Crippen LogP contribution in [0.15, 0.2) is 85.1 Å². The van der Waals surface area contributed by atoms with Crippen molar-refractivity contribution in [3.8, 4) is 0 Å². The Kier molecular flexibility index (Phi) is 38.4. The van der Waals surface area contributed by atoms with Gasteiger partial charge >= 0.3 is 19.8 Å². The maximum Gasteiger partial charge on any atom is 0.472 e. The number of phosphoric acid groups is 1. The van der Waals surface area contributed by atoms with Gasteiger partial charge in [0.05, 0.1) is 19.8 Å². The van der Waals surface area contributed by atoms with Crippen molar-refractivity contribution in [1.29, 1.82) is 0 Å². The monoisotopic (exact) mass is 835 g/mol. The van der Waals surface area contributed by atoms with Crippen LogP contribution in [0.3, 0.4) is 0 Å². The number of carbonyl (C=O) groups excluding carboxylic acids is 3. The van der Waals surface area contributed by atoms with Gasteiger partial charge in [0.2, 0.25) is 0 Å². The van der Waals surface area contributed by atoms with Crippen molar-refractivity contribution >= 4 is 25.5 Å². The standard InChI is InChI=1S/C46H75O11P/c1-3-5-7-9-11-12-13-14-15-16-17-18-19-20-21-22-24-28-32-36-45(50)54-40-44(41-56-58(52,53)55-39-43(49)38-47)57-46(51)37-33-29-25-27-31-35-42(48)34-30-26-23-10-8-6-4-2/h5,7,11-12,14-15,17-18,20-21,23,26,30,34,43-44,47,49H,3-4,6,8-10,13,16,19,22,24-25,27-29,31-33,35-41H2,1-2H3,(H,52,53)/b7-5-,12-11-,15-14-,18-17-,21-20-,26-23-,34-30+/t43-,44+/m0/s1. The van der Waals surface area contributed by atoms with Crippen LogP contribution < -0.4 is 0 Å². The number of aliphatic hydroxyl groups is 2. The molecule has 0 radical (unpaired) electrons. The van der Waals surface area contributed by atoms with Gasteiger partial charge in [-0.05, 0) is 83.1 Å². The van der Waals surface area contributed by atoms with Gasteiger partial charge in [0.1, 0.15) is 12.7 Å². The molecule has 0 spiro atoms. The average Bonchev–Trinajstić information content (AvgIpc) is 3.21. The summed E-state index contributed by atoms with van der Waals surface area (Å²) in [6.45, 7) is 2.01. The van der Waals surface area contributed by atoms with Crippen LogP contribution in [0.4, 0.5) is 0 Å². The van der Waals surface area contributed by atoms with E-state index < -0.39 is 51.8 Å². The van der Waals surface area contributed by atoms with Crippen LogP contribution in [-0.2, 0) is 37.5 Å². The van der Waals surface area contributed by atoms with Crippen molar-refractivity contribution in [2.45, 2.75) is 161 Å². The van der Waals surface area contributed by atoms with E-state index in [4.69, 9.17) is 19.1 Å². The highest BCUT2D eigenvalue weighted by atomic mass is 31.2. The number of hydrogen-bond donors (Lipinski definition) is 3. The minimum absolute atomic E-state index is 0.0879. The van der Waals surface area contributed by atoms with Crippen molar-refractivity contribution in [3.05, 3.63) is 85.1 Å². The van der Waals surface area contributed by atoms with Gasteiger partial charge in [-0.2, -0.15) is 0 Å². The lowest BCUT2D eigenvalue weighted by molar-refractivity contribution is -0.161. The van der Waals surface area contributed by atoms with Crippen LogP contribution in [0.5, 0.6) is 0 Å². The van der Waals surface area contributed by atoms with Gasteiger partial charge in [-0.15, -0.1) is 0 Å². The number of hydrogen-bond acceptors (Lipinski definition) is 10. The van der Waals surface area contributed by atoms with Crippen molar-refractivity contribution in [2.24, 2.45) is 0 Å². The largest absolute Gasteiger partial charge is 0.472 e. The molecule has 0 aliphatic rings. The van der Waals surface area contributed by atoms with E-state index in [-0.39, 0.29) is 25.2 Å². The third-order valence-corrected chi connectivity index (χ3v) is 9.46. The molecule has 1 unspecified atom stereocenters. The molecule has 0 heterocycles. The van der Waals surface area contributed by atoms with Crippen LogP contribution in [0.1, 0.15) is 149 Å². The van der Waals surface area contributed by atoms with Crippen LogP contribution >= 0.6 is 7.82 Å². The Labute approximate surface area is 349 Å². The van der Waals surface area contributed by atoms with E-state index in [1.54, 1.807) is 12.2 Å². The molecule has 58 heavy (non-hydrogen) atoms. The van der Waals surface area contributed by atoms with Crippen molar-refractivity contribution in [3.63, 3.8) is 0 Å². The van der Waals surface area contributed by atoms with Gasteiger partial charge < -0.3 is 24.6 Å². The number of aliphatic hydroxyl groups excluding tert-OH is 2. The first kappa shape index (κ1) is 54.8. The predicted molar refractivity (Wildman–Crippen MR) is 233 cm³/mol. The quantitative estimate of drug-likeness (QED) is 0.0135. The van der Waals surface area contributed by atoms with Gasteiger partial charge in [0.25, 0.3) is 0 Å². The van der Waals surface area contributed by atoms with Crippen LogP contribution in [0.2, 0.25) is 0 Å². The number of allylic oxidation sites excluding steroid dienone is 14. The maximum absolute atomic E-state index is 12.6. The Hall–Kier alpha value is -3.18. The highest BCUT2D eigenvalue weighted by molar-refractivity contribution is 7.47. The molecule has 0 rings (SSSR count). The molecule has 330 valence electrons. The number of esters is 2. The Morgan fingerprint density at radius 3 is 1.72 bits per heavy atom. The van der Waals surface area contributed by atoms with Crippen LogP contribution in [-0.4, -0.2) is 71.5 Å². The number of unbranched alkanes of at least 4 members (excludes halogenated alkanes) is 10. The molecular weight excluding hydrogens is 759 g/mol. The zero-order valence-electron chi connectivity index (χ0n) is 35.5. The van der Waals surface area contributed by atoms with E-state index in [2.05, 4.69) is 85.2 Å². The van der Waals surface area contributed by atoms with Crippen LogP contribution in [0.25, 0.3) is 0 Å². The Balaban J connectivity index is 4.46. The molecule has 0 aromatic heterocycles. The second-order valence-electron chi connectivity index (χ2n) is 14.0. The molecule has 0 aliphatic carbocycles. The summed E-state index contributed by atoms with van der Waals surface area (Å²) >= 11 is 0. The predicted octanol–water partition coefficient (Wildman–Crippen LogP) is 10.6. The fraction of sp³-hybridized carbons (Fsp3) is 0.630. The SMILES string of the molecule is CC/C=C\C/C=C\C/C=C\C/C=C\C/C=C\CCCCCC(=O)OC[C@H](COP(=O)(O)OC[C@@H](O)CO)OC(=O)CCCCCCCC(=O)/C=C/C=C\CCCCC. The molecule has 0 aromatic carbocycles. The highest BCUT2D eigenvalue weighted by Crippen LogP contribution is 2.43. The molecule has 0 amide bonds. The van der Waals surface area contributed by atoms with Gasteiger partial charge in [0.15, 0.2) is 11.9 Å². The van der Waals surface area contributed by atoms with E-state index in [0.29, 0.717) is 19.3 Å². The number of ketones is 1. The van der Waals surface area contributed by atoms with Crippen LogP contribution in [0, 0.1) is 0 Å². The van der Waals surface area contributed by atoms with E-state index >= 15 is 0 Å². The Morgan fingerprint density at radius 1 is 0.586 bits per heavy atom. The summed E-state index contributed by atoms with van der Waals surface area (Å²) < 4.78 is 32.6. The summed E-state index contributed by atoms with van der Waals surface area (Å²) in [6, 6.07) is 0. The molecule has 3 N–H and O–H groups in total. The smallest absolute Gasteiger partial charge is 0.462 e. The van der Waals surface area contributed by atoms with Crippen molar-refractivity contribution < 1.29 is 52.6 Å². The first-order valence-corrected chi connectivity index (χ1v) is 23.0. The molecular formula is C46H75O11P. The molecule has 0 aliphatic heterocycles.